The third kappa shape index (κ3) is 2.20. The molecule has 0 aliphatic heterocycles. The minimum absolute atomic E-state index is 0.684. The predicted octanol–water partition coefficient (Wildman–Crippen LogP) is 2.65. The summed E-state index contributed by atoms with van der Waals surface area (Å²) >= 11 is 0. The van der Waals surface area contributed by atoms with Crippen LogP contribution in [-0.4, -0.2) is 16.2 Å². The Bertz CT molecular complexity index is 704. The Morgan fingerprint density at radius 3 is 2.74 bits per heavy atom. The predicted molar refractivity (Wildman–Crippen MR) is 75.0 cm³/mol. The summed E-state index contributed by atoms with van der Waals surface area (Å²) in [7, 11) is 0. The molecule has 94 valence electrons. The van der Waals surface area contributed by atoms with Crippen LogP contribution in [0.3, 0.4) is 0 Å². The van der Waals surface area contributed by atoms with Crippen molar-refractivity contribution in [3.05, 3.63) is 60.3 Å². The fourth-order valence-corrected chi connectivity index (χ4v) is 2.18. The van der Waals surface area contributed by atoms with Gasteiger partial charge in [-0.1, -0.05) is 36.4 Å². The van der Waals surface area contributed by atoms with Crippen LogP contribution >= 0.6 is 0 Å². The SMILES string of the molecule is O=CNc1cccc2c1cnn2Cc1ccccc1. The van der Waals surface area contributed by atoms with Gasteiger partial charge in [-0.2, -0.15) is 5.10 Å². The number of anilines is 1. The van der Waals surface area contributed by atoms with Gasteiger partial charge in [0.15, 0.2) is 0 Å². The van der Waals surface area contributed by atoms with Crippen molar-refractivity contribution in [1.29, 1.82) is 0 Å². The smallest absolute Gasteiger partial charge is 0.211 e. The zero-order chi connectivity index (χ0) is 13.1. The van der Waals surface area contributed by atoms with Crippen molar-refractivity contribution in [2.75, 3.05) is 5.32 Å². The van der Waals surface area contributed by atoms with E-state index in [0.29, 0.717) is 6.41 Å². The van der Waals surface area contributed by atoms with E-state index in [1.54, 1.807) is 6.20 Å². The van der Waals surface area contributed by atoms with Gasteiger partial charge in [-0.15, -0.1) is 0 Å². The summed E-state index contributed by atoms with van der Waals surface area (Å²) < 4.78 is 1.93. The Labute approximate surface area is 110 Å². The quantitative estimate of drug-likeness (QED) is 0.725. The summed E-state index contributed by atoms with van der Waals surface area (Å²) in [6.45, 7) is 0.717. The van der Waals surface area contributed by atoms with E-state index >= 15 is 0 Å². The molecule has 0 radical (unpaired) electrons. The molecular weight excluding hydrogens is 238 g/mol. The van der Waals surface area contributed by atoms with Crippen LogP contribution in [0.25, 0.3) is 10.9 Å². The molecule has 2 aromatic carbocycles. The fraction of sp³-hybridized carbons (Fsp3) is 0.0667. The highest BCUT2D eigenvalue weighted by Crippen LogP contribution is 2.23. The molecule has 0 saturated heterocycles. The first kappa shape index (κ1) is 11.5. The monoisotopic (exact) mass is 251 g/mol. The van der Waals surface area contributed by atoms with Gasteiger partial charge in [-0.05, 0) is 17.7 Å². The average Bonchev–Trinajstić information content (AvgIpc) is 2.85. The minimum atomic E-state index is 0.684. The van der Waals surface area contributed by atoms with Gasteiger partial charge < -0.3 is 5.32 Å². The molecule has 0 bridgehead atoms. The molecule has 3 aromatic rings. The summed E-state index contributed by atoms with van der Waals surface area (Å²) in [5.41, 5.74) is 2.99. The minimum Gasteiger partial charge on any atom is -0.328 e. The number of rotatable bonds is 4. The van der Waals surface area contributed by atoms with Gasteiger partial charge in [0.2, 0.25) is 6.41 Å². The zero-order valence-corrected chi connectivity index (χ0v) is 10.3. The van der Waals surface area contributed by atoms with Gasteiger partial charge >= 0.3 is 0 Å². The lowest BCUT2D eigenvalue weighted by Crippen LogP contribution is -2.01. The van der Waals surface area contributed by atoms with Crippen LogP contribution in [0.2, 0.25) is 0 Å². The maximum absolute atomic E-state index is 10.6. The number of carbonyl (C=O) groups is 1. The van der Waals surface area contributed by atoms with E-state index in [1.807, 2.05) is 41.1 Å². The molecule has 4 heteroatoms. The van der Waals surface area contributed by atoms with Crippen molar-refractivity contribution in [3.63, 3.8) is 0 Å². The van der Waals surface area contributed by atoms with Gasteiger partial charge in [0.1, 0.15) is 0 Å². The van der Waals surface area contributed by atoms with Gasteiger partial charge in [-0.3, -0.25) is 9.48 Å². The molecule has 0 spiro atoms. The van der Waals surface area contributed by atoms with Crippen LogP contribution in [0.5, 0.6) is 0 Å². The van der Waals surface area contributed by atoms with E-state index in [1.165, 1.54) is 5.56 Å². The summed E-state index contributed by atoms with van der Waals surface area (Å²) in [5.74, 6) is 0. The van der Waals surface area contributed by atoms with E-state index in [-0.39, 0.29) is 0 Å². The summed E-state index contributed by atoms with van der Waals surface area (Å²) in [4.78, 5) is 10.6. The van der Waals surface area contributed by atoms with Crippen molar-refractivity contribution in [2.45, 2.75) is 6.54 Å². The molecular formula is C15H13N3O. The van der Waals surface area contributed by atoms with Crippen LogP contribution in [0.4, 0.5) is 5.69 Å². The highest BCUT2D eigenvalue weighted by atomic mass is 16.1. The second kappa shape index (κ2) is 4.94. The lowest BCUT2D eigenvalue weighted by atomic mass is 10.2. The molecule has 1 heterocycles. The second-order valence-corrected chi connectivity index (χ2v) is 4.29. The number of benzene rings is 2. The van der Waals surface area contributed by atoms with Gasteiger partial charge in [-0.25, -0.2) is 0 Å². The van der Waals surface area contributed by atoms with E-state index in [2.05, 4.69) is 22.5 Å². The standard InChI is InChI=1S/C15H13N3O/c19-11-16-14-7-4-8-15-13(14)9-17-18(15)10-12-5-2-1-3-6-12/h1-9,11H,10H2,(H,16,19). The van der Waals surface area contributed by atoms with E-state index in [9.17, 15) is 4.79 Å². The van der Waals surface area contributed by atoms with Crippen LogP contribution in [-0.2, 0) is 11.3 Å². The Kier molecular flexibility index (Phi) is 2.98. The average molecular weight is 251 g/mol. The number of carbonyl (C=O) groups excluding carboxylic acids is 1. The fourth-order valence-electron chi connectivity index (χ4n) is 2.18. The van der Waals surface area contributed by atoms with Gasteiger partial charge in [0.05, 0.1) is 23.9 Å². The van der Waals surface area contributed by atoms with Crippen LogP contribution in [0.15, 0.2) is 54.7 Å². The summed E-state index contributed by atoms with van der Waals surface area (Å²) in [6, 6.07) is 15.9. The second-order valence-electron chi connectivity index (χ2n) is 4.29. The van der Waals surface area contributed by atoms with Crippen molar-refractivity contribution >= 4 is 23.0 Å². The van der Waals surface area contributed by atoms with Crippen molar-refractivity contribution in [2.24, 2.45) is 0 Å². The molecule has 0 unspecified atom stereocenters. The molecule has 3 rings (SSSR count). The molecule has 4 nitrogen and oxygen atoms in total. The summed E-state index contributed by atoms with van der Waals surface area (Å²) in [6.07, 6.45) is 2.47. The first-order valence-electron chi connectivity index (χ1n) is 6.07. The number of hydrogen-bond donors (Lipinski definition) is 1. The van der Waals surface area contributed by atoms with E-state index < -0.39 is 0 Å². The molecule has 19 heavy (non-hydrogen) atoms. The molecule has 0 saturated carbocycles. The van der Waals surface area contributed by atoms with Crippen molar-refractivity contribution < 1.29 is 4.79 Å². The first-order chi connectivity index (χ1) is 9.38. The number of nitrogens with zero attached hydrogens (tertiary/aromatic N) is 2. The van der Waals surface area contributed by atoms with E-state index in [0.717, 1.165) is 23.1 Å². The molecule has 0 aliphatic carbocycles. The Hall–Kier alpha value is -2.62. The third-order valence-corrected chi connectivity index (χ3v) is 3.08. The lowest BCUT2D eigenvalue weighted by molar-refractivity contribution is -0.105. The summed E-state index contributed by atoms with van der Waals surface area (Å²) in [5, 5.41) is 8.04. The highest BCUT2D eigenvalue weighted by molar-refractivity contribution is 5.95. The number of nitrogens with one attached hydrogen (secondary N) is 1. The Balaban J connectivity index is 2.01. The molecule has 1 N–H and O–H groups in total. The Morgan fingerprint density at radius 1 is 1.11 bits per heavy atom. The van der Waals surface area contributed by atoms with Crippen LogP contribution < -0.4 is 5.32 Å². The first-order valence-corrected chi connectivity index (χ1v) is 6.07. The number of aromatic nitrogens is 2. The number of hydrogen-bond acceptors (Lipinski definition) is 2. The van der Waals surface area contributed by atoms with E-state index in [4.69, 9.17) is 0 Å². The highest BCUT2D eigenvalue weighted by Gasteiger charge is 2.06. The maximum Gasteiger partial charge on any atom is 0.211 e. The van der Waals surface area contributed by atoms with Crippen LogP contribution in [0, 0.1) is 0 Å². The molecule has 0 aliphatic rings. The number of fused-ring (bicyclic) bond motifs is 1. The molecule has 1 aromatic heterocycles. The topological polar surface area (TPSA) is 46.9 Å². The van der Waals surface area contributed by atoms with Crippen molar-refractivity contribution in [3.8, 4) is 0 Å². The molecule has 1 amide bonds. The molecule has 0 atom stereocenters. The zero-order valence-electron chi connectivity index (χ0n) is 10.3. The molecule has 0 fully saturated rings. The lowest BCUT2D eigenvalue weighted by Gasteiger charge is -2.05. The normalized spacial score (nSPS) is 10.5. The van der Waals surface area contributed by atoms with Crippen molar-refractivity contribution in [1.82, 2.24) is 9.78 Å². The van der Waals surface area contributed by atoms with Gasteiger partial charge in [0.25, 0.3) is 0 Å². The van der Waals surface area contributed by atoms with Crippen LogP contribution in [0.1, 0.15) is 5.56 Å². The maximum atomic E-state index is 10.6. The van der Waals surface area contributed by atoms with Gasteiger partial charge in [0, 0.05) is 5.39 Å². The third-order valence-electron chi connectivity index (χ3n) is 3.08. The number of amides is 1. The largest absolute Gasteiger partial charge is 0.328 e. The Morgan fingerprint density at radius 2 is 1.95 bits per heavy atom.